The molecule has 2 heteroatoms. The first-order chi connectivity index (χ1) is 8.52. The van der Waals surface area contributed by atoms with Gasteiger partial charge in [0.1, 0.15) is 0 Å². The van der Waals surface area contributed by atoms with E-state index in [4.69, 9.17) is 0 Å². The van der Waals surface area contributed by atoms with Gasteiger partial charge in [-0.25, -0.2) is 0 Å². The Morgan fingerprint density at radius 3 is 1.72 bits per heavy atom. The van der Waals surface area contributed by atoms with Crippen molar-refractivity contribution < 1.29 is 0 Å². The molecule has 0 unspecified atom stereocenters. The van der Waals surface area contributed by atoms with Gasteiger partial charge in [-0.3, -0.25) is 4.90 Å². The summed E-state index contributed by atoms with van der Waals surface area (Å²) < 4.78 is 0. The summed E-state index contributed by atoms with van der Waals surface area (Å²) in [6.07, 6.45) is 4.21. The average Bonchev–Trinajstić information content (AvgIpc) is 2.82. The molecule has 1 N–H and O–H groups in total. The van der Waals surface area contributed by atoms with Gasteiger partial charge in [-0.1, -0.05) is 27.7 Å². The van der Waals surface area contributed by atoms with Gasteiger partial charge in [0.05, 0.1) is 0 Å². The fourth-order valence-corrected chi connectivity index (χ4v) is 2.87. The topological polar surface area (TPSA) is 15.3 Å². The standard InChI is InChI=1S/C12H24N2.2C2H6/c1-11(2,3)14-8-5-12(6-9-14)4-7-13-10-12;2*1-2/h13H,4-10H2,1-3H3;2*1-2H3. The van der Waals surface area contributed by atoms with Gasteiger partial charge in [0.2, 0.25) is 0 Å². The van der Waals surface area contributed by atoms with E-state index in [2.05, 4.69) is 31.0 Å². The van der Waals surface area contributed by atoms with Crippen molar-refractivity contribution in [3.8, 4) is 0 Å². The molecule has 2 heterocycles. The second kappa shape index (κ2) is 8.16. The smallest absolute Gasteiger partial charge is 0.0125 e. The predicted octanol–water partition coefficient (Wildman–Crippen LogP) is 3.91. The van der Waals surface area contributed by atoms with Crippen LogP contribution in [0.15, 0.2) is 0 Å². The highest BCUT2D eigenvalue weighted by molar-refractivity contribution is 4.94. The molecule has 0 atom stereocenters. The summed E-state index contributed by atoms with van der Waals surface area (Å²) >= 11 is 0. The van der Waals surface area contributed by atoms with Gasteiger partial charge in [-0.2, -0.15) is 0 Å². The van der Waals surface area contributed by atoms with E-state index in [1.807, 2.05) is 27.7 Å². The molecule has 2 rings (SSSR count). The van der Waals surface area contributed by atoms with E-state index < -0.39 is 0 Å². The highest BCUT2D eigenvalue weighted by Gasteiger charge is 2.38. The molecule has 18 heavy (non-hydrogen) atoms. The van der Waals surface area contributed by atoms with Crippen LogP contribution in [0.1, 0.15) is 67.7 Å². The average molecular weight is 256 g/mol. The Labute approximate surface area is 116 Å². The van der Waals surface area contributed by atoms with Crippen LogP contribution in [0.2, 0.25) is 0 Å². The third-order valence-electron chi connectivity index (χ3n) is 4.10. The summed E-state index contributed by atoms with van der Waals surface area (Å²) in [5, 5.41) is 3.52. The van der Waals surface area contributed by atoms with Crippen molar-refractivity contribution in [2.45, 2.75) is 73.3 Å². The highest BCUT2D eigenvalue weighted by Crippen LogP contribution is 2.38. The molecule has 1 spiro atoms. The maximum absolute atomic E-state index is 3.52. The number of hydrogen-bond acceptors (Lipinski definition) is 2. The summed E-state index contributed by atoms with van der Waals surface area (Å²) in [5.41, 5.74) is 1.04. The Balaban J connectivity index is 0.000000659. The molecule has 2 aliphatic rings. The van der Waals surface area contributed by atoms with E-state index >= 15 is 0 Å². The first-order valence-electron chi connectivity index (χ1n) is 7.98. The fourth-order valence-electron chi connectivity index (χ4n) is 2.87. The SMILES string of the molecule is CC.CC.CC(C)(C)N1CCC2(CCNC2)CC1. The van der Waals surface area contributed by atoms with Crippen LogP contribution in [0.4, 0.5) is 0 Å². The number of rotatable bonds is 0. The van der Waals surface area contributed by atoms with Crippen molar-refractivity contribution in [2.24, 2.45) is 5.41 Å². The van der Waals surface area contributed by atoms with Gasteiger partial charge in [-0.15, -0.1) is 0 Å². The Hall–Kier alpha value is -0.0800. The Kier molecular flexibility index (Phi) is 8.13. The zero-order valence-corrected chi connectivity index (χ0v) is 13.9. The van der Waals surface area contributed by atoms with Crippen molar-refractivity contribution >= 4 is 0 Å². The second-order valence-electron chi connectivity index (χ2n) is 6.08. The molecule has 0 aromatic carbocycles. The molecular weight excluding hydrogens is 220 g/mol. The normalized spacial score (nSPS) is 22.8. The van der Waals surface area contributed by atoms with Crippen LogP contribution >= 0.6 is 0 Å². The highest BCUT2D eigenvalue weighted by atomic mass is 15.2. The summed E-state index contributed by atoms with van der Waals surface area (Å²) in [7, 11) is 0. The van der Waals surface area contributed by atoms with Gasteiger partial charge in [0.15, 0.2) is 0 Å². The minimum Gasteiger partial charge on any atom is -0.316 e. The first kappa shape index (κ1) is 17.9. The molecule has 2 saturated heterocycles. The lowest BCUT2D eigenvalue weighted by atomic mass is 9.77. The number of nitrogens with one attached hydrogen (secondary N) is 1. The van der Waals surface area contributed by atoms with Crippen molar-refractivity contribution in [3.05, 3.63) is 0 Å². The van der Waals surface area contributed by atoms with Gasteiger partial charge in [0, 0.05) is 12.1 Å². The Morgan fingerprint density at radius 2 is 1.39 bits per heavy atom. The molecule has 0 saturated carbocycles. The molecule has 2 aliphatic heterocycles. The lowest BCUT2D eigenvalue weighted by molar-refractivity contribution is 0.0516. The lowest BCUT2D eigenvalue weighted by Gasteiger charge is -2.45. The quantitative estimate of drug-likeness (QED) is 0.707. The molecule has 0 aliphatic carbocycles. The van der Waals surface area contributed by atoms with E-state index in [1.165, 1.54) is 45.4 Å². The molecule has 0 aromatic heterocycles. The van der Waals surface area contributed by atoms with Crippen LogP contribution in [0.25, 0.3) is 0 Å². The van der Waals surface area contributed by atoms with E-state index in [0.29, 0.717) is 11.0 Å². The maximum Gasteiger partial charge on any atom is 0.0125 e. The van der Waals surface area contributed by atoms with E-state index in [-0.39, 0.29) is 0 Å². The Bertz CT molecular complexity index is 190. The largest absolute Gasteiger partial charge is 0.316 e. The summed E-state index contributed by atoms with van der Waals surface area (Å²) in [6.45, 7) is 20.1. The summed E-state index contributed by atoms with van der Waals surface area (Å²) in [4.78, 5) is 2.64. The summed E-state index contributed by atoms with van der Waals surface area (Å²) in [6, 6.07) is 0. The van der Waals surface area contributed by atoms with Crippen molar-refractivity contribution in [1.82, 2.24) is 10.2 Å². The minimum absolute atomic E-state index is 0.369. The lowest BCUT2D eigenvalue weighted by Crippen LogP contribution is -2.49. The third kappa shape index (κ3) is 4.89. The number of piperidine rings is 1. The zero-order valence-electron chi connectivity index (χ0n) is 13.9. The van der Waals surface area contributed by atoms with Crippen molar-refractivity contribution in [1.29, 1.82) is 0 Å². The van der Waals surface area contributed by atoms with Crippen LogP contribution in [0, 0.1) is 5.41 Å². The molecule has 2 nitrogen and oxygen atoms in total. The second-order valence-corrected chi connectivity index (χ2v) is 6.08. The fraction of sp³-hybridized carbons (Fsp3) is 1.00. The van der Waals surface area contributed by atoms with Crippen molar-refractivity contribution in [2.75, 3.05) is 26.2 Å². The van der Waals surface area contributed by atoms with Crippen LogP contribution in [0.5, 0.6) is 0 Å². The van der Waals surface area contributed by atoms with E-state index in [9.17, 15) is 0 Å². The molecule has 110 valence electrons. The number of nitrogens with zero attached hydrogens (tertiary/aromatic N) is 1. The van der Waals surface area contributed by atoms with Crippen LogP contribution in [-0.2, 0) is 0 Å². The minimum atomic E-state index is 0.369. The number of hydrogen-bond donors (Lipinski definition) is 1. The monoisotopic (exact) mass is 256 g/mol. The van der Waals surface area contributed by atoms with Crippen LogP contribution in [-0.4, -0.2) is 36.6 Å². The van der Waals surface area contributed by atoms with Gasteiger partial charge >= 0.3 is 0 Å². The molecule has 0 amide bonds. The zero-order chi connectivity index (χ0) is 14.2. The molecule has 0 bridgehead atoms. The van der Waals surface area contributed by atoms with E-state index in [0.717, 1.165) is 0 Å². The maximum atomic E-state index is 3.52. The van der Waals surface area contributed by atoms with Crippen molar-refractivity contribution in [3.63, 3.8) is 0 Å². The number of likely N-dealkylation sites (tertiary alicyclic amines) is 1. The van der Waals surface area contributed by atoms with Gasteiger partial charge in [-0.05, 0) is 65.1 Å². The van der Waals surface area contributed by atoms with E-state index in [1.54, 1.807) is 0 Å². The summed E-state index contributed by atoms with van der Waals surface area (Å²) in [5.74, 6) is 0. The molecule has 2 fully saturated rings. The molecular formula is C16H36N2. The van der Waals surface area contributed by atoms with Gasteiger partial charge in [0.25, 0.3) is 0 Å². The van der Waals surface area contributed by atoms with Crippen LogP contribution < -0.4 is 5.32 Å². The third-order valence-corrected chi connectivity index (χ3v) is 4.10. The first-order valence-corrected chi connectivity index (χ1v) is 7.98. The molecule has 0 radical (unpaired) electrons. The van der Waals surface area contributed by atoms with Gasteiger partial charge < -0.3 is 5.32 Å². The predicted molar refractivity (Wildman–Crippen MR) is 83.2 cm³/mol. The van der Waals surface area contributed by atoms with Crippen LogP contribution in [0.3, 0.4) is 0 Å². The Morgan fingerprint density at radius 1 is 0.889 bits per heavy atom. The molecule has 0 aromatic rings.